The number of rotatable bonds is 9. The van der Waals surface area contributed by atoms with Gasteiger partial charge in [-0.3, -0.25) is 9.59 Å². The Bertz CT molecular complexity index is 653. The van der Waals surface area contributed by atoms with Gasteiger partial charge in [-0.15, -0.1) is 0 Å². The normalized spacial score (nSPS) is 12.3. The van der Waals surface area contributed by atoms with Crippen molar-refractivity contribution < 1.29 is 36.6 Å². The zero-order valence-electron chi connectivity index (χ0n) is 14.0. The molecule has 0 heterocycles. The summed E-state index contributed by atoms with van der Waals surface area (Å²) in [6.07, 6.45) is 2.14. The molecule has 1 aromatic carbocycles. The second kappa shape index (κ2) is 10.3. The van der Waals surface area contributed by atoms with E-state index in [1.807, 2.05) is 0 Å². The molecule has 1 rings (SSSR count). The van der Waals surface area contributed by atoms with Gasteiger partial charge in [0.1, 0.15) is 17.5 Å². The molecule has 0 aliphatic rings. The van der Waals surface area contributed by atoms with Crippen LogP contribution in [0.3, 0.4) is 0 Å². The van der Waals surface area contributed by atoms with Gasteiger partial charge >= 0.3 is 13.2 Å². The summed E-state index contributed by atoms with van der Waals surface area (Å²) in [5, 5.41) is 4.90. The predicted molar refractivity (Wildman–Crippen MR) is 85.0 cm³/mol. The van der Waals surface area contributed by atoms with Crippen molar-refractivity contribution in [3.63, 3.8) is 0 Å². The third-order valence-electron chi connectivity index (χ3n) is 2.94. The van der Waals surface area contributed by atoms with Crippen molar-refractivity contribution in [2.75, 3.05) is 6.54 Å². The molecule has 0 aliphatic heterocycles. The summed E-state index contributed by atoms with van der Waals surface area (Å²) in [6, 6.07) is 2.34. The standard InChI is InChI=1S/C16H18F4N2O4/c1-3-21-14(24)9(2)22-13(23)7-5-10-4-6-11(25-15(17)18)8-12(10)26-16(19)20/h4-9,15-16H,3H2,1-2H3,(H,21,24)(H,22,23)/b7-5+/t9-/m1/s1. The molecule has 10 heteroatoms. The minimum atomic E-state index is -3.20. The molecule has 0 aromatic heterocycles. The highest BCUT2D eigenvalue weighted by Crippen LogP contribution is 2.28. The Morgan fingerprint density at radius 2 is 1.81 bits per heavy atom. The van der Waals surface area contributed by atoms with Gasteiger partial charge in [0.2, 0.25) is 11.8 Å². The van der Waals surface area contributed by atoms with E-state index in [0.29, 0.717) is 6.54 Å². The molecule has 2 amide bonds. The molecule has 1 atom stereocenters. The average Bonchev–Trinajstić information content (AvgIpc) is 2.53. The quantitative estimate of drug-likeness (QED) is 0.512. The molecule has 0 saturated heterocycles. The number of nitrogens with one attached hydrogen (secondary N) is 2. The van der Waals surface area contributed by atoms with Crippen molar-refractivity contribution in [1.29, 1.82) is 0 Å². The molecule has 6 nitrogen and oxygen atoms in total. The molecule has 0 fully saturated rings. The minimum absolute atomic E-state index is 0.0349. The van der Waals surface area contributed by atoms with Gasteiger partial charge in [-0.1, -0.05) is 0 Å². The largest absolute Gasteiger partial charge is 0.435 e. The maximum absolute atomic E-state index is 12.5. The number of likely N-dealkylation sites (N-methyl/N-ethyl adjacent to an activating group) is 1. The van der Waals surface area contributed by atoms with Crippen LogP contribution in [0.4, 0.5) is 17.6 Å². The first-order chi connectivity index (χ1) is 12.2. The molecule has 144 valence electrons. The fraction of sp³-hybridized carbons (Fsp3) is 0.375. The van der Waals surface area contributed by atoms with Gasteiger partial charge < -0.3 is 20.1 Å². The van der Waals surface area contributed by atoms with Gasteiger partial charge in [0.25, 0.3) is 0 Å². The summed E-state index contributed by atoms with van der Waals surface area (Å²) >= 11 is 0. The summed E-state index contributed by atoms with van der Waals surface area (Å²) in [5.74, 6) is -1.86. The van der Waals surface area contributed by atoms with E-state index in [-0.39, 0.29) is 17.2 Å². The van der Waals surface area contributed by atoms with Gasteiger partial charge in [0.15, 0.2) is 0 Å². The summed E-state index contributed by atoms with van der Waals surface area (Å²) in [7, 11) is 0. The van der Waals surface area contributed by atoms with E-state index >= 15 is 0 Å². The lowest BCUT2D eigenvalue weighted by molar-refractivity contribution is -0.126. The van der Waals surface area contributed by atoms with Gasteiger partial charge in [-0.05, 0) is 32.1 Å². The molecule has 0 radical (unpaired) electrons. The van der Waals surface area contributed by atoms with Crippen LogP contribution in [0, 0.1) is 0 Å². The van der Waals surface area contributed by atoms with Crippen molar-refractivity contribution in [1.82, 2.24) is 10.6 Å². The monoisotopic (exact) mass is 378 g/mol. The van der Waals surface area contributed by atoms with Gasteiger partial charge in [0.05, 0.1) is 0 Å². The van der Waals surface area contributed by atoms with Crippen molar-refractivity contribution in [3.05, 3.63) is 29.8 Å². The Labute approximate surface area is 147 Å². The fourth-order valence-corrected chi connectivity index (χ4v) is 1.85. The molecule has 0 saturated carbocycles. The number of amides is 2. The van der Waals surface area contributed by atoms with Crippen molar-refractivity contribution in [3.8, 4) is 11.5 Å². The van der Waals surface area contributed by atoms with Crippen LogP contribution in [0.5, 0.6) is 11.5 Å². The van der Waals surface area contributed by atoms with Gasteiger partial charge in [0, 0.05) is 24.3 Å². The topological polar surface area (TPSA) is 76.7 Å². The van der Waals surface area contributed by atoms with Crippen LogP contribution < -0.4 is 20.1 Å². The highest BCUT2D eigenvalue weighted by Gasteiger charge is 2.14. The third kappa shape index (κ3) is 7.41. The molecule has 26 heavy (non-hydrogen) atoms. The number of ether oxygens (including phenoxy) is 2. The lowest BCUT2D eigenvalue weighted by Gasteiger charge is -2.12. The second-order valence-electron chi connectivity index (χ2n) is 4.91. The Kier molecular flexibility index (Phi) is 8.40. The highest BCUT2D eigenvalue weighted by atomic mass is 19.3. The Hall–Kier alpha value is -2.78. The SMILES string of the molecule is CCNC(=O)[C@@H](C)NC(=O)/C=C/c1ccc(OC(F)F)cc1OC(F)F. The second-order valence-corrected chi connectivity index (χ2v) is 4.91. The fourth-order valence-electron chi connectivity index (χ4n) is 1.85. The van der Waals surface area contributed by atoms with Crippen LogP contribution in [0.2, 0.25) is 0 Å². The van der Waals surface area contributed by atoms with Crippen LogP contribution in [-0.2, 0) is 9.59 Å². The van der Waals surface area contributed by atoms with E-state index in [1.165, 1.54) is 13.0 Å². The molecule has 0 unspecified atom stereocenters. The number of halogens is 4. The number of hydrogen-bond acceptors (Lipinski definition) is 4. The van der Waals surface area contributed by atoms with Crippen LogP contribution in [0.1, 0.15) is 19.4 Å². The van der Waals surface area contributed by atoms with E-state index in [2.05, 4.69) is 20.1 Å². The maximum Gasteiger partial charge on any atom is 0.387 e. The maximum atomic E-state index is 12.5. The van der Waals surface area contributed by atoms with E-state index < -0.39 is 30.9 Å². The molecule has 0 spiro atoms. The van der Waals surface area contributed by atoms with Gasteiger partial charge in [-0.25, -0.2) is 0 Å². The van der Waals surface area contributed by atoms with Crippen molar-refractivity contribution in [2.24, 2.45) is 0 Å². The first-order valence-electron chi connectivity index (χ1n) is 7.52. The van der Waals surface area contributed by atoms with E-state index in [9.17, 15) is 27.2 Å². The number of benzene rings is 1. The van der Waals surface area contributed by atoms with E-state index in [1.54, 1.807) is 6.92 Å². The Morgan fingerprint density at radius 3 is 2.38 bits per heavy atom. The summed E-state index contributed by atoms with van der Waals surface area (Å²) in [6.45, 7) is -2.74. The van der Waals surface area contributed by atoms with Crippen molar-refractivity contribution >= 4 is 17.9 Å². The molecular formula is C16H18F4N2O4. The lowest BCUT2D eigenvalue weighted by Crippen LogP contribution is -2.44. The molecule has 0 aliphatic carbocycles. The van der Waals surface area contributed by atoms with Crippen molar-refractivity contribution in [2.45, 2.75) is 33.1 Å². The zero-order valence-corrected chi connectivity index (χ0v) is 14.0. The van der Waals surface area contributed by atoms with Crippen LogP contribution in [0.25, 0.3) is 6.08 Å². The molecule has 0 bridgehead atoms. The number of hydrogen-bond donors (Lipinski definition) is 2. The van der Waals surface area contributed by atoms with Crippen LogP contribution >= 0.6 is 0 Å². The molecule has 2 N–H and O–H groups in total. The van der Waals surface area contributed by atoms with E-state index in [4.69, 9.17) is 0 Å². The highest BCUT2D eigenvalue weighted by molar-refractivity contribution is 5.95. The zero-order chi connectivity index (χ0) is 19.7. The third-order valence-corrected chi connectivity index (χ3v) is 2.94. The Morgan fingerprint density at radius 1 is 1.15 bits per heavy atom. The summed E-state index contributed by atoms with van der Waals surface area (Å²) < 4.78 is 57.7. The van der Waals surface area contributed by atoms with E-state index in [0.717, 1.165) is 24.3 Å². The average molecular weight is 378 g/mol. The molecular weight excluding hydrogens is 360 g/mol. The first-order valence-corrected chi connectivity index (χ1v) is 7.52. The first kappa shape index (κ1) is 21.3. The molecule has 1 aromatic rings. The van der Waals surface area contributed by atoms with Crippen LogP contribution in [-0.4, -0.2) is 37.6 Å². The predicted octanol–water partition coefficient (Wildman–Crippen LogP) is 2.54. The number of alkyl halides is 4. The Balaban J connectivity index is 2.87. The minimum Gasteiger partial charge on any atom is -0.435 e. The summed E-state index contributed by atoms with van der Waals surface area (Å²) in [5.41, 5.74) is 0.0349. The summed E-state index contributed by atoms with van der Waals surface area (Å²) in [4.78, 5) is 23.3. The van der Waals surface area contributed by atoms with Gasteiger partial charge in [-0.2, -0.15) is 17.6 Å². The lowest BCUT2D eigenvalue weighted by atomic mass is 10.1. The van der Waals surface area contributed by atoms with Crippen LogP contribution in [0.15, 0.2) is 24.3 Å². The smallest absolute Gasteiger partial charge is 0.387 e. The number of carbonyl (C=O) groups excluding carboxylic acids is 2. The number of carbonyl (C=O) groups is 2.